The molecule has 0 N–H and O–H groups in total. The van der Waals surface area contributed by atoms with Crippen molar-refractivity contribution in [2.75, 3.05) is 26.2 Å². The third kappa shape index (κ3) is 4.03. The molecule has 1 amide bonds. The van der Waals surface area contributed by atoms with Crippen molar-refractivity contribution in [2.45, 2.75) is 26.3 Å². The number of aromatic nitrogens is 2. The molecule has 7 nitrogen and oxygen atoms in total. The van der Waals surface area contributed by atoms with E-state index in [-0.39, 0.29) is 11.8 Å². The highest BCUT2D eigenvalue weighted by Crippen LogP contribution is 2.15. The second-order valence-electron chi connectivity index (χ2n) is 6.45. The SMILES string of the molecule is CC(C)c1nnc(CN2CCN(C(=O)c3cccc(C#N)c3)CC2)o1. The highest BCUT2D eigenvalue weighted by molar-refractivity contribution is 5.94. The first-order valence-corrected chi connectivity index (χ1v) is 8.41. The van der Waals surface area contributed by atoms with Crippen LogP contribution in [0.2, 0.25) is 0 Å². The summed E-state index contributed by atoms with van der Waals surface area (Å²) in [6.45, 7) is 7.42. The zero-order valence-corrected chi connectivity index (χ0v) is 14.5. The lowest BCUT2D eigenvalue weighted by molar-refractivity contribution is 0.0617. The number of nitrogens with zero attached hydrogens (tertiary/aromatic N) is 5. The summed E-state index contributed by atoms with van der Waals surface area (Å²) in [5.74, 6) is 1.46. The number of rotatable bonds is 4. The summed E-state index contributed by atoms with van der Waals surface area (Å²) in [4.78, 5) is 16.6. The molecule has 2 aromatic rings. The van der Waals surface area contributed by atoms with Crippen molar-refractivity contribution in [3.8, 4) is 6.07 Å². The van der Waals surface area contributed by atoms with E-state index in [1.54, 1.807) is 24.3 Å². The van der Waals surface area contributed by atoms with Crippen LogP contribution in [0.5, 0.6) is 0 Å². The van der Waals surface area contributed by atoms with Gasteiger partial charge in [-0.1, -0.05) is 19.9 Å². The minimum Gasteiger partial charge on any atom is -0.424 e. The maximum absolute atomic E-state index is 12.6. The highest BCUT2D eigenvalue weighted by Gasteiger charge is 2.23. The van der Waals surface area contributed by atoms with Crippen LogP contribution in [0.4, 0.5) is 0 Å². The van der Waals surface area contributed by atoms with Gasteiger partial charge in [0.25, 0.3) is 5.91 Å². The van der Waals surface area contributed by atoms with Gasteiger partial charge < -0.3 is 9.32 Å². The van der Waals surface area contributed by atoms with Gasteiger partial charge in [0.15, 0.2) is 0 Å². The molecule has 1 aliphatic rings. The van der Waals surface area contributed by atoms with Gasteiger partial charge in [0.2, 0.25) is 11.8 Å². The Kier molecular flexibility index (Phi) is 5.10. The molecule has 0 radical (unpaired) electrons. The van der Waals surface area contributed by atoms with Gasteiger partial charge in [0, 0.05) is 37.7 Å². The van der Waals surface area contributed by atoms with Crippen molar-refractivity contribution in [3.63, 3.8) is 0 Å². The van der Waals surface area contributed by atoms with Crippen LogP contribution in [0.25, 0.3) is 0 Å². The number of hydrogen-bond donors (Lipinski definition) is 0. The Morgan fingerprint density at radius 2 is 2.04 bits per heavy atom. The molecule has 1 aliphatic heterocycles. The first kappa shape index (κ1) is 17.1. The Bertz CT molecular complexity index is 785. The summed E-state index contributed by atoms with van der Waals surface area (Å²) >= 11 is 0. The van der Waals surface area contributed by atoms with Crippen molar-refractivity contribution in [1.29, 1.82) is 5.26 Å². The largest absolute Gasteiger partial charge is 0.424 e. The number of hydrogen-bond acceptors (Lipinski definition) is 6. The monoisotopic (exact) mass is 339 g/mol. The first-order valence-electron chi connectivity index (χ1n) is 8.41. The molecule has 3 rings (SSSR count). The van der Waals surface area contributed by atoms with E-state index in [1.807, 2.05) is 18.7 Å². The lowest BCUT2D eigenvalue weighted by atomic mass is 10.1. The summed E-state index contributed by atoms with van der Waals surface area (Å²) in [6.07, 6.45) is 0. The molecule has 0 bridgehead atoms. The normalized spacial score (nSPS) is 15.4. The van der Waals surface area contributed by atoms with Crippen LogP contribution in [-0.2, 0) is 6.54 Å². The molecule has 130 valence electrons. The molecule has 25 heavy (non-hydrogen) atoms. The first-order chi connectivity index (χ1) is 12.1. The maximum Gasteiger partial charge on any atom is 0.253 e. The van der Waals surface area contributed by atoms with Gasteiger partial charge >= 0.3 is 0 Å². The molecule has 1 saturated heterocycles. The van der Waals surface area contributed by atoms with E-state index >= 15 is 0 Å². The number of amides is 1. The van der Waals surface area contributed by atoms with Crippen molar-refractivity contribution in [1.82, 2.24) is 20.0 Å². The fraction of sp³-hybridized carbons (Fsp3) is 0.444. The number of nitriles is 1. The lowest BCUT2D eigenvalue weighted by Gasteiger charge is -2.34. The molecular formula is C18H21N5O2. The van der Waals surface area contributed by atoms with Crippen LogP contribution in [-0.4, -0.2) is 52.1 Å². The Labute approximate surface area is 146 Å². The average molecular weight is 339 g/mol. The zero-order valence-electron chi connectivity index (χ0n) is 14.5. The number of carbonyl (C=O) groups is 1. The molecule has 0 atom stereocenters. The molecule has 0 aliphatic carbocycles. The third-order valence-corrected chi connectivity index (χ3v) is 4.23. The average Bonchev–Trinajstić information content (AvgIpc) is 3.10. The molecular weight excluding hydrogens is 318 g/mol. The van der Waals surface area contributed by atoms with Gasteiger partial charge in [-0.2, -0.15) is 5.26 Å². The van der Waals surface area contributed by atoms with E-state index in [0.717, 1.165) is 13.1 Å². The molecule has 0 unspecified atom stereocenters. The zero-order chi connectivity index (χ0) is 17.8. The number of carbonyl (C=O) groups excluding carboxylic acids is 1. The number of benzene rings is 1. The highest BCUT2D eigenvalue weighted by atomic mass is 16.4. The Morgan fingerprint density at radius 3 is 2.68 bits per heavy atom. The van der Waals surface area contributed by atoms with E-state index in [0.29, 0.717) is 42.5 Å². The molecule has 2 heterocycles. The molecule has 1 fully saturated rings. The van der Waals surface area contributed by atoms with Gasteiger partial charge in [-0.3, -0.25) is 9.69 Å². The summed E-state index contributed by atoms with van der Waals surface area (Å²) in [6, 6.07) is 8.90. The van der Waals surface area contributed by atoms with Crippen molar-refractivity contribution < 1.29 is 9.21 Å². The fourth-order valence-corrected chi connectivity index (χ4v) is 2.77. The Hall–Kier alpha value is -2.72. The summed E-state index contributed by atoms with van der Waals surface area (Å²) in [5, 5.41) is 17.1. The van der Waals surface area contributed by atoms with Gasteiger partial charge in [0.1, 0.15) is 0 Å². The smallest absolute Gasteiger partial charge is 0.253 e. The van der Waals surface area contributed by atoms with Gasteiger partial charge in [-0.25, -0.2) is 0 Å². The van der Waals surface area contributed by atoms with E-state index < -0.39 is 0 Å². The van der Waals surface area contributed by atoms with Crippen LogP contribution in [0.3, 0.4) is 0 Å². The van der Waals surface area contributed by atoms with Crippen LogP contribution < -0.4 is 0 Å². The number of piperazine rings is 1. The van der Waals surface area contributed by atoms with Gasteiger partial charge in [-0.15, -0.1) is 10.2 Å². The van der Waals surface area contributed by atoms with Crippen molar-refractivity contribution >= 4 is 5.91 Å². The predicted octanol–water partition coefficient (Wildman–Crippen LogP) is 2.02. The van der Waals surface area contributed by atoms with Crippen LogP contribution >= 0.6 is 0 Å². The quantitative estimate of drug-likeness (QED) is 0.847. The van der Waals surface area contributed by atoms with Crippen LogP contribution in [0.15, 0.2) is 28.7 Å². The van der Waals surface area contributed by atoms with Gasteiger partial charge in [-0.05, 0) is 18.2 Å². The second kappa shape index (κ2) is 7.45. The predicted molar refractivity (Wildman–Crippen MR) is 90.7 cm³/mol. The molecule has 0 saturated carbocycles. The Morgan fingerprint density at radius 1 is 1.28 bits per heavy atom. The standard InChI is InChI=1S/C18H21N5O2/c1-13(2)17-21-20-16(25-17)12-22-6-8-23(9-7-22)18(24)15-5-3-4-14(10-15)11-19/h3-5,10,13H,6-9,12H2,1-2H3. The minimum absolute atomic E-state index is 0.0309. The van der Waals surface area contributed by atoms with Crippen LogP contribution in [0.1, 0.15) is 47.5 Å². The van der Waals surface area contributed by atoms with E-state index in [9.17, 15) is 4.79 Å². The second-order valence-corrected chi connectivity index (χ2v) is 6.45. The molecule has 1 aromatic carbocycles. The van der Waals surface area contributed by atoms with Gasteiger partial charge in [0.05, 0.1) is 18.2 Å². The third-order valence-electron chi connectivity index (χ3n) is 4.23. The van der Waals surface area contributed by atoms with E-state index in [2.05, 4.69) is 21.2 Å². The minimum atomic E-state index is -0.0309. The maximum atomic E-state index is 12.6. The molecule has 0 spiro atoms. The van der Waals surface area contributed by atoms with E-state index in [4.69, 9.17) is 9.68 Å². The summed E-state index contributed by atoms with van der Waals surface area (Å²) in [5.41, 5.74) is 1.06. The lowest BCUT2D eigenvalue weighted by Crippen LogP contribution is -2.48. The topological polar surface area (TPSA) is 86.3 Å². The molecule has 1 aromatic heterocycles. The van der Waals surface area contributed by atoms with E-state index in [1.165, 1.54) is 0 Å². The van der Waals surface area contributed by atoms with Crippen LogP contribution in [0, 0.1) is 11.3 Å². The van der Waals surface area contributed by atoms with Crippen molar-refractivity contribution in [3.05, 3.63) is 47.2 Å². The molecule has 7 heteroatoms. The summed E-state index contributed by atoms with van der Waals surface area (Å²) < 4.78 is 5.64. The fourth-order valence-electron chi connectivity index (χ4n) is 2.77. The van der Waals surface area contributed by atoms with Crippen molar-refractivity contribution in [2.24, 2.45) is 0 Å². The Balaban J connectivity index is 1.56. The summed E-state index contributed by atoms with van der Waals surface area (Å²) in [7, 11) is 0.